The van der Waals surface area contributed by atoms with E-state index in [0.717, 1.165) is 0 Å². The van der Waals surface area contributed by atoms with E-state index in [1.165, 1.54) is 39.1 Å². The van der Waals surface area contributed by atoms with Gasteiger partial charge in [0, 0.05) is 24.0 Å². The predicted molar refractivity (Wildman–Crippen MR) is 109 cm³/mol. The minimum Gasteiger partial charge on any atom is -0.264 e. The standard InChI is InChI=1S/C24H29N2/c1-16(2)20-8-7-9-21(17(3)4)24(20)19-10-11-23(26(6)15-19)22-14-25-13-12-18(22)5/h7-17H,1-6H3/q+1. The lowest BCUT2D eigenvalue weighted by molar-refractivity contribution is -0.659. The van der Waals surface area contributed by atoms with Gasteiger partial charge in [0.05, 0.1) is 5.56 Å². The number of aromatic nitrogens is 2. The molecule has 0 saturated heterocycles. The van der Waals surface area contributed by atoms with Gasteiger partial charge in [0.2, 0.25) is 5.69 Å². The zero-order valence-electron chi connectivity index (χ0n) is 16.7. The van der Waals surface area contributed by atoms with Gasteiger partial charge in [0.15, 0.2) is 6.20 Å². The molecular formula is C24H29N2+. The van der Waals surface area contributed by atoms with E-state index in [-0.39, 0.29) is 0 Å². The summed E-state index contributed by atoms with van der Waals surface area (Å²) in [5.41, 5.74) is 9.13. The highest BCUT2D eigenvalue weighted by molar-refractivity contribution is 5.72. The smallest absolute Gasteiger partial charge is 0.214 e. The highest BCUT2D eigenvalue weighted by Gasteiger charge is 2.19. The molecule has 0 bridgehead atoms. The van der Waals surface area contributed by atoms with Gasteiger partial charge in [-0.15, -0.1) is 0 Å². The lowest BCUT2D eigenvalue weighted by atomic mass is 9.85. The molecule has 26 heavy (non-hydrogen) atoms. The zero-order valence-corrected chi connectivity index (χ0v) is 16.7. The fourth-order valence-corrected chi connectivity index (χ4v) is 3.65. The second kappa shape index (κ2) is 7.41. The summed E-state index contributed by atoms with van der Waals surface area (Å²) in [6.45, 7) is 11.2. The van der Waals surface area contributed by atoms with Crippen LogP contribution in [-0.2, 0) is 7.05 Å². The summed E-state index contributed by atoms with van der Waals surface area (Å²) in [5.74, 6) is 0.989. The maximum atomic E-state index is 4.30. The summed E-state index contributed by atoms with van der Waals surface area (Å²) in [6.07, 6.45) is 6.06. The van der Waals surface area contributed by atoms with Crippen molar-refractivity contribution in [3.8, 4) is 22.4 Å². The minimum atomic E-state index is 0.495. The molecule has 0 aliphatic heterocycles. The normalized spacial score (nSPS) is 11.4. The fraction of sp³-hybridized carbons (Fsp3) is 0.333. The molecule has 0 amide bonds. The van der Waals surface area contributed by atoms with Crippen molar-refractivity contribution < 1.29 is 4.57 Å². The number of hydrogen-bond acceptors (Lipinski definition) is 1. The number of hydrogen-bond donors (Lipinski definition) is 0. The van der Waals surface area contributed by atoms with Crippen molar-refractivity contribution in [1.82, 2.24) is 4.98 Å². The molecule has 2 nitrogen and oxygen atoms in total. The molecule has 3 rings (SSSR count). The molecule has 0 N–H and O–H groups in total. The van der Waals surface area contributed by atoms with Crippen LogP contribution < -0.4 is 4.57 Å². The lowest BCUT2D eigenvalue weighted by Gasteiger charge is -2.19. The van der Waals surface area contributed by atoms with Crippen molar-refractivity contribution in [3.63, 3.8) is 0 Å². The van der Waals surface area contributed by atoms with E-state index < -0.39 is 0 Å². The molecule has 1 aromatic carbocycles. The third kappa shape index (κ3) is 3.41. The number of nitrogens with zero attached hydrogens (tertiary/aromatic N) is 2. The van der Waals surface area contributed by atoms with Gasteiger partial charge >= 0.3 is 0 Å². The summed E-state index contributed by atoms with van der Waals surface area (Å²) in [4.78, 5) is 4.30. The molecule has 0 atom stereocenters. The van der Waals surface area contributed by atoms with Gasteiger partial charge in [-0.3, -0.25) is 4.98 Å². The van der Waals surface area contributed by atoms with Gasteiger partial charge in [-0.25, -0.2) is 4.57 Å². The van der Waals surface area contributed by atoms with E-state index in [9.17, 15) is 0 Å². The average molecular weight is 346 g/mol. The van der Waals surface area contributed by atoms with Gasteiger partial charge in [0.1, 0.15) is 7.05 Å². The Morgan fingerprint density at radius 3 is 2.08 bits per heavy atom. The van der Waals surface area contributed by atoms with Crippen molar-refractivity contribution in [1.29, 1.82) is 0 Å². The Labute approximate surface area is 157 Å². The van der Waals surface area contributed by atoms with E-state index in [2.05, 4.69) is 93.8 Å². The second-order valence-electron chi connectivity index (χ2n) is 7.73. The zero-order chi connectivity index (χ0) is 18.8. The molecule has 0 aliphatic carbocycles. The van der Waals surface area contributed by atoms with Crippen molar-refractivity contribution in [3.05, 3.63) is 71.7 Å². The van der Waals surface area contributed by atoms with E-state index in [1.54, 1.807) is 0 Å². The largest absolute Gasteiger partial charge is 0.264 e. The van der Waals surface area contributed by atoms with Crippen LogP contribution in [0.5, 0.6) is 0 Å². The van der Waals surface area contributed by atoms with Crippen LogP contribution in [0.4, 0.5) is 0 Å². The second-order valence-corrected chi connectivity index (χ2v) is 7.73. The molecule has 0 spiro atoms. The maximum Gasteiger partial charge on any atom is 0.214 e. The average Bonchev–Trinajstić information content (AvgIpc) is 2.61. The van der Waals surface area contributed by atoms with Crippen LogP contribution in [0.2, 0.25) is 0 Å². The van der Waals surface area contributed by atoms with Crippen LogP contribution in [0, 0.1) is 6.92 Å². The molecule has 2 aromatic heterocycles. The summed E-state index contributed by atoms with van der Waals surface area (Å²) < 4.78 is 2.22. The van der Waals surface area contributed by atoms with E-state index >= 15 is 0 Å². The molecule has 0 radical (unpaired) electrons. The van der Waals surface area contributed by atoms with E-state index in [0.29, 0.717) is 11.8 Å². The molecule has 134 valence electrons. The van der Waals surface area contributed by atoms with Gasteiger partial charge < -0.3 is 0 Å². The molecule has 0 unspecified atom stereocenters. The number of benzene rings is 1. The molecule has 0 aliphatic rings. The highest BCUT2D eigenvalue weighted by Crippen LogP contribution is 2.36. The molecule has 0 saturated carbocycles. The Balaban J connectivity index is 2.18. The number of aryl methyl sites for hydroxylation is 2. The van der Waals surface area contributed by atoms with Crippen molar-refractivity contribution >= 4 is 0 Å². The van der Waals surface area contributed by atoms with Crippen molar-refractivity contribution in [2.45, 2.75) is 46.5 Å². The molecule has 2 heteroatoms. The summed E-state index contributed by atoms with van der Waals surface area (Å²) in [7, 11) is 2.12. The number of pyridine rings is 2. The molecule has 2 heterocycles. The first-order valence-corrected chi connectivity index (χ1v) is 9.44. The monoisotopic (exact) mass is 345 g/mol. The van der Waals surface area contributed by atoms with Gasteiger partial charge in [0.25, 0.3) is 0 Å². The Kier molecular flexibility index (Phi) is 5.22. The van der Waals surface area contributed by atoms with Crippen LogP contribution in [-0.4, -0.2) is 4.98 Å². The van der Waals surface area contributed by atoms with Crippen LogP contribution in [0.25, 0.3) is 22.4 Å². The van der Waals surface area contributed by atoms with Crippen LogP contribution >= 0.6 is 0 Å². The Morgan fingerprint density at radius 1 is 0.885 bits per heavy atom. The summed E-state index contributed by atoms with van der Waals surface area (Å²) in [6, 6.07) is 13.3. The summed E-state index contributed by atoms with van der Waals surface area (Å²) in [5, 5.41) is 0. The Hall–Kier alpha value is -2.48. The first-order valence-electron chi connectivity index (χ1n) is 9.44. The highest BCUT2D eigenvalue weighted by atomic mass is 14.9. The molecule has 3 aromatic rings. The first kappa shape index (κ1) is 18.3. The molecule has 0 fully saturated rings. The van der Waals surface area contributed by atoms with Crippen LogP contribution in [0.15, 0.2) is 55.0 Å². The summed E-state index contributed by atoms with van der Waals surface area (Å²) >= 11 is 0. The maximum absolute atomic E-state index is 4.30. The van der Waals surface area contributed by atoms with Crippen LogP contribution in [0.3, 0.4) is 0 Å². The predicted octanol–water partition coefficient (Wildman–Crippen LogP) is 5.80. The fourth-order valence-electron chi connectivity index (χ4n) is 3.65. The SMILES string of the molecule is Cc1ccncc1-c1ccc(-c2c(C(C)C)cccc2C(C)C)c[n+]1C. The van der Waals surface area contributed by atoms with Gasteiger partial charge in [-0.05, 0) is 53.1 Å². The van der Waals surface area contributed by atoms with Crippen LogP contribution in [0.1, 0.15) is 56.2 Å². The van der Waals surface area contributed by atoms with E-state index in [4.69, 9.17) is 0 Å². The third-order valence-electron chi connectivity index (χ3n) is 5.11. The van der Waals surface area contributed by atoms with Gasteiger partial charge in [-0.1, -0.05) is 45.9 Å². The first-order chi connectivity index (χ1) is 12.4. The third-order valence-corrected chi connectivity index (χ3v) is 5.11. The Bertz CT molecular complexity index is 897. The quantitative estimate of drug-likeness (QED) is 0.546. The van der Waals surface area contributed by atoms with Crippen molar-refractivity contribution in [2.75, 3.05) is 0 Å². The topological polar surface area (TPSA) is 16.8 Å². The molecular weight excluding hydrogens is 316 g/mol. The minimum absolute atomic E-state index is 0.495. The van der Waals surface area contributed by atoms with Crippen molar-refractivity contribution in [2.24, 2.45) is 7.05 Å². The number of rotatable bonds is 4. The Morgan fingerprint density at radius 2 is 1.54 bits per heavy atom. The van der Waals surface area contributed by atoms with E-state index in [1.807, 2.05) is 12.4 Å². The van der Waals surface area contributed by atoms with Gasteiger partial charge in [-0.2, -0.15) is 0 Å². The lowest BCUT2D eigenvalue weighted by Crippen LogP contribution is -2.31.